The molecule has 5 heteroatoms. The Hall–Kier alpha value is -3.47. The van der Waals surface area contributed by atoms with Gasteiger partial charge >= 0.3 is 5.97 Å². The summed E-state index contributed by atoms with van der Waals surface area (Å²) in [6.07, 6.45) is 11.5. The van der Waals surface area contributed by atoms with Gasteiger partial charge in [-0.25, -0.2) is 0 Å². The standard InChI is InChI=1S/C33H38N2O3/c1-3-22-17-27(20-34-19-22)23-11-15-26(16-12-23)32(25-7-4-5-8-25)33(38)35-30-10-6-9-28(21(30)2)29(18-31(36)37)24-13-14-24/h6,9-12,15-17,19-20,24-25,29,32H,3-5,7-8,13-14,18H2,1-2H3,(H,35,38)(H,36,37)/t29-,32-/m1/s1. The van der Waals surface area contributed by atoms with Crippen LogP contribution >= 0.6 is 0 Å². The summed E-state index contributed by atoms with van der Waals surface area (Å²) >= 11 is 0. The molecular weight excluding hydrogens is 472 g/mol. The molecule has 0 radical (unpaired) electrons. The largest absolute Gasteiger partial charge is 0.481 e. The number of carbonyl (C=O) groups is 2. The van der Waals surface area contributed by atoms with Gasteiger partial charge in [-0.05, 0) is 96.7 Å². The van der Waals surface area contributed by atoms with Crippen LogP contribution in [0.1, 0.15) is 86.0 Å². The summed E-state index contributed by atoms with van der Waals surface area (Å²) in [5.41, 5.74) is 7.30. The Morgan fingerprint density at radius 3 is 2.37 bits per heavy atom. The Morgan fingerprint density at radius 2 is 1.71 bits per heavy atom. The fraction of sp³-hybridized carbons (Fsp3) is 0.424. The number of aryl methyl sites for hydroxylation is 1. The van der Waals surface area contributed by atoms with Gasteiger partial charge in [0.05, 0.1) is 12.3 Å². The van der Waals surface area contributed by atoms with Crippen molar-refractivity contribution in [2.24, 2.45) is 11.8 Å². The number of pyridine rings is 1. The van der Waals surface area contributed by atoms with Crippen LogP contribution in [0.25, 0.3) is 11.1 Å². The highest BCUT2D eigenvalue weighted by Gasteiger charge is 2.36. The molecule has 5 rings (SSSR count). The second-order valence-electron chi connectivity index (χ2n) is 11.1. The molecule has 0 unspecified atom stereocenters. The highest BCUT2D eigenvalue weighted by Crippen LogP contribution is 2.46. The van der Waals surface area contributed by atoms with Crippen LogP contribution in [0.15, 0.2) is 60.9 Å². The molecule has 2 fully saturated rings. The molecule has 2 atom stereocenters. The van der Waals surface area contributed by atoms with E-state index in [-0.39, 0.29) is 24.2 Å². The lowest BCUT2D eigenvalue weighted by molar-refractivity contribution is -0.137. The molecule has 2 aliphatic rings. The molecule has 1 amide bonds. The zero-order valence-electron chi connectivity index (χ0n) is 22.5. The first-order chi connectivity index (χ1) is 18.4. The van der Waals surface area contributed by atoms with Crippen molar-refractivity contribution in [3.05, 3.63) is 83.2 Å². The van der Waals surface area contributed by atoms with Crippen molar-refractivity contribution in [3.8, 4) is 11.1 Å². The number of anilines is 1. The monoisotopic (exact) mass is 510 g/mol. The number of nitrogens with one attached hydrogen (secondary N) is 1. The second kappa shape index (κ2) is 11.5. The Balaban J connectivity index is 1.40. The number of carboxylic acid groups (broad SMARTS) is 1. The van der Waals surface area contributed by atoms with Gasteiger partial charge in [-0.2, -0.15) is 0 Å². The van der Waals surface area contributed by atoms with E-state index in [1.165, 1.54) is 5.56 Å². The average Bonchev–Trinajstić information content (AvgIpc) is 3.64. The van der Waals surface area contributed by atoms with Crippen molar-refractivity contribution < 1.29 is 14.7 Å². The van der Waals surface area contributed by atoms with Gasteiger partial charge in [0.15, 0.2) is 0 Å². The number of aliphatic carboxylic acids is 1. The topological polar surface area (TPSA) is 79.3 Å². The van der Waals surface area contributed by atoms with E-state index >= 15 is 0 Å². The van der Waals surface area contributed by atoms with Gasteiger partial charge in [-0.3, -0.25) is 14.6 Å². The van der Waals surface area contributed by atoms with Crippen LogP contribution in [-0.4, -0.2) is 22.0 Å². The maximum absolute atomic E-state index is 13.9. The second-order valence-corrected chi connectivity index (χ2v) is 11.1. The number of amides is 1. The summed E-state index contributed by atoms with van der Waals surface area (Å²) in [5.74, 6) is -0.205. The van der Waals surface area contributed by atoms with Crippen LogP contribution in [0, 0.1) is 18.8 Å². The summed E-state index contributed by atoms with van der Waals surface area (Å²) in [6, 6.07) is 16.5. The molecule has 38 heavy (non-hydrogen) atoms. The van der Waals surface area contributed by atoms with E-state index in [1.807, 2.05) is 37.5 Å². The smallest absolute Gasteiger partial charge is 0.303 e. The molecule has 1 heterocycles. The molecule has 2 aromatic carbocycles. The Kier molecular flexibility index (Phi) is 7.92. The van der Waals surface area contributed by atoms with Crippen LogP contribution in [0.3, 0.4) is 0 Å². The van der Waals surface area contributed by atoms with Crippen LogP contribution < -0.4 is 5.32 Å². The van der Waals surface area contributed by atoms with Gasteiger partial charge in [0, 0.05) is 23.6 Å². The molecule has 0 bridgehead atoms. The highest BCUT2D eigenvalue weighted by atomic mass is 16.4. The Morgan fingerprint density at radius 1 is 0.974 bits per heavy atom. The third-order valence-electron chi connectivity index (χ3n) is 8.58. The maximum Gasteiger partial charge on any atom is 0.303 e. The van der Waals surface area contributed by atoms with E-state index in [0.29, 0.717) is 11.8 Å². The van der Waals surface area contributed by atoms with E-state index < -0.39 is 5.97 Å². The van der Waals surface area contributed by atoms with Crippen LogP contribution in [0.4, 0.5) is 5.69 Å². The number of hydrogen-bond acceptors (Lipinski definition) is 3. The molecule has 198 valence electrons. The van der Waals surface area contributed by atoms with E-state index in [4.69, 9.17) is 0 Å². The fourth-order valence-corrected chi connectivity index (χ4v) is 6.27. The summed E-state index contributed by atoms with van der Waals surface area (Å²) in [5, 5.41) is 12.8. The van der Waals surface area contributed by atoms with Gasteiger partial charge in [-0.15, -0.1) is 0 Å². The molecule has 1 aromatic heterocycles. The molecular formula is C33H38N2O3. The first-order valence-corrected chi connectivity index (χ1v) is 14.1. The van der Waals surface area contributed by atoms with Gasteiger partial charge in [0.1, 0.15) is 0 Å². The molecule has 0 spiro atoms. The lowest BCUT2D eigenvalue weighted by Gasteiger charge is -2.25. The fourth-order valence-electron chi connectivity index (χ4n) is 6.27. The summed E-state index contributed by atoms with van der Waals surface area (Å²) < 4.78 is 0. The molecule has 0 saturated heterocycles. The summed E-state index contributed by atoms with van der Waals surface area (Å²) in [7, 11) is 0. The van der Waals surface area contributed by atoms with E-state index in [0.717, 1.165) is 78.5 Å². The minimum Gasteiger partial charge on any atom is -0.481 e. The zero-order chi connectivity index (χ0) is 26.6. The third-order valence-corrected chi connectivity index (χ3v) is 8.58. The Labute approximate surface area is 225 Å². The quantitative estimate of drug-likeness (QED) is 0.296. The first kappa shape index (κ1) is 26.1. The molecule has 3 aromatic rings. The number of aromatic nitrogens is 1. The van der Waals surface area contributed by atoms with E-state index in [1.54, 1.807) is 0 Å². The van der Waals surface area contributed by atoms with Crippen LogP contribution in [0.5, 0.6) is 0 Å². The normalized spacial score (nSPS) is 17.2. The van der Waals surface area contributed by atoms with Crippen LogP contribution in [0.2, 0.25) is 0 Å². The van der Waals surface area contributed by atoms with Gasteiger partial charge < -0.3 is 10.4 Å². The van der Waals surface area contributed by atoms with Crippen molar-refractivity contribution in [1.29, 1.82) is 0 Å². The number of rotatable bonds is 10. The maximum atomic E-state index is 13.9. The molecule has 0 aliphatic heterocycles. The zero-order valence-corrected chi connectivity index (χ0v) is 22.5. The van der Waals surface area contributed by atoms with Crippen molar-refractivity contribution in [1.82, 2.24) is 4.98 Å². The summed E-state index contributed by atoms with van der Waals surface area (Å²) in [4.78, 5) is 29.8. The third kappa shape index (κ3) is 5.82. The number of benzene rings is 2. The van der Waals surface area contributed by atoms with Crippen molar-refractivity contribution in [2.75, 3.05) is 5.32 Å². The molecule has 2 aliphatic carbocycles. The van der Waals surface area contributed by atoms with Crippen molar-refractivity contribution in [2.45, 2.75) is 77.0 Å². The minimum absolute atomic E-state index is 0.00299. The number of hydrogen-bond donors (Lipinski definition) is 2. The number of carbonyl (C=O) groups excluding carboxylic acids is 1. The minimum atomic E-state index is -0.766. The highest BCUT2D eigenvalue weighted by molar-refractivity contribution is 5.97. The first-order valence-electron chi connectivity index (χ1n) is 14.1. The molecule has 2 N–H and O–H groups in total. The van der Waals surface area contributed by atoms with Crippen molar-refractivity contribution in [3.63, 3.8) is 0 Å². The Bertz CT molecular complexity index is 1290. The van der Waals surface area contributed by atoms with Gasteiger partial charge in [-0.1, -0.05) is 56.2 Å². The van der Waals surface area contributed by atoms with Crippen molar-refractivity contribution >= 4 is 17.6 Å². The molecule has 5 nitrogen and oxygen atoms in total. The summed E-state index contributed by atoms with van der Waals surface area (Å²) in [6.45, 7) is 4.14. The SMILES string of the molecule is CCc1cncc(-c2ccc([C@H](C(=O)Nc3cccc([C@H](CC(=O)O)C4CC4)c3C)C3CCCC3)cc2)c1. The average molecular weight is 511 g/mol. The predicted octanol–water partition coefficient (Wildman–Crippen LogP) is 7.50. The molecule has 2 saturated carbocycles. The predicted molar refractivity (Wildman–Crippen MR) is 151 cm³/mol. The van der Waals surface area contributed by atoms with E-state index in [9.17, 15) is 14.7 Å². The lowest BCUT2D eigenvalue weighted by Crippen LogP contribution is -2.27. The van der Waals surface area contributed by atoms with Crippen LogP contribution in [-0.2, 0) is 16.0 Å². The number of nitrogens with zero attached hydrogens (tertiary/aromatic N) is 1. The number of carboxylic acids is 1. The lowest BCUT2D eigenvalue weighted by atomic mass is 9.83. The van der Waals surface area contributed by atoms with E-state index in [2.05, 4.69) is 47.6 Å². The van der Waals surface area contributed by atoms with Gasteiger partial charge in [0.2, 0.25) is 5.91 Å². The van der Waals surface area contributed by atoms with Gasteiger partial charge in [0.25, 0.3) is 0 Å².